The minimum absolute atomic E-state index is 0.106. The number of rotatable bonds is 9. The van der Waals surface area contributed by atoms with Crippen LogP contribution in [0.25, 0.3) is 0 Å². The van der Waals surface area contributed by atoms with Gasteiger partial charge in [0.05, 0.1) is 6.04 Å². The molecule has 38 heavy (non-hydrogen) atoms. The van der Waals surface area contributed by atoms with Gasteiger partial charge >= 0.3 is 6.03 Å². The number of ketones is 1. The van der Waals surface area contributed by atoms with Crippen molar-refractivity contribution < 1.29 is 33.6 Å². The fourth-order valence-corrected chi connectivity index (χ4v) is 5.46. The van der Waals surface area contributed by atoms with Crippen molar-refractivity contribution in [2.45, 2.75) is 111 Å². The third kappa shape index (κ3) is 6.86. The predicted molar refractivity (Wildman–Crippen MR) is 144 cm³/mol. The number of Topliss-reactive ketones (excluding diaryl/α,β-unsaturated/α-hetero) is 1. The molecule has 3 rings (SSSR count). The Morgan fingerprint density at radius 3 is 2.18 bits per heavy atom. The summed E-state index contributed by atoms with van der Waals surface area (Å²) in [5, 5.41) is 7.84. The molecule has 1 unspecified atom stereocenters. The number of urea groups is 1. The summed E-state index contributed by atoms with van der Waals surface area (Å²) in [4.78, 5) is 67.0. The highest BCUT2D eigenvalue weighted by atomic mass is 16.2. The standard InChI is InChI=1S/C28H47N5O5/c1-26(2,3)13-18(31-25(38)32-27(4,5)6)24(37)33-14-16-19(28(16,7)8)20(33)23(36)30-17(21(34)22(29)35)12-15-10-9-11-15/h15-20H,9-14H2,1-8H3,(H2,29,35)(H,30,36)(H2,31,32,38)/t16-,17?,18-,19-,20-/m0/s1/i9D2,10D2,11D2,15D. The third-order valence-corrected chi connectivity index (χ3v) is 7.38. The molecule has 1 aliphatic heterocycles. The fraction of sp³-hybridized carbons (Fsp3) is 0.821. The van der Waals surface area contributed by atoms with Crippen molar-refractivity contribution in [3.63, 3.8) is 0 Å². The van der Waals surface area contributed by atoms with E-state index < -0.39 is 90.0 Å². The number of hydrogen-bond acceptors (Lipinski definition) is 5. The second-order valence-electron chi connectivity index (χ2n) is 13.4. The molecule has 5 atom stereocenters. The molecule has 3 fully saturated rings. The van der Waals surface area contributed by atoms with E-state index in [9.17, 15) is 24.0 Å². The maximum absolute atomic E-state index is 14.1. The van der Waals surface area contributed by atoms with E-state index in [1.165, 1.54) is 4.90 Å². The van der Waals surface area contributed by atoms with Crippen molar-refractivity contribution in [2.24, 2.45) is 34.3 Å². The average molecular weight is 541 g/mol. The predicted octanol–water partition coefficient (Wildman–Crippen LogP) is 2.10. The van der Waals surface area contributed by atoms with Crippen molar-refractivity contribution in [3.8, 4) is 0 Å². The van der Waals surface area contributed by atoms with E-state index >= 15 is 0 Å². The van der Waals surface area contributed by atoms with Crippen molar-refractivity contribution >= 4 is 29.5 Å². The van der Waals surface area contributed by atoms with Crippen LogP contribution in [-0.2, 0) is 19.2 Å². The molecule has 3 aliphatic rings. The zero-order valence-electron chi connectivity index (χ0n) is 30.6. The molecule has 10 heteroatoms. The highest BCUT2D eigenvalue weighted by Gasteiger charge is 2.69. The van der Waals surface area contributed by atoms with Crippen LogP contribution in [-0.4, -0.2) is 64.6 Å². The molecule has 1 saturated heterocycles. The largest absolute Gasteiger partial charge is 0.363 e. The van der Waals surface area contributed by atoms with E-state index in [1.807, 2.05) is 34.6 Å². The first kappa shape index (κ1) is 21.2. The van der Waals surface area contributed by atoms with Gasteiger partial charge in [0.1, 0.15) is 12.1 Å². The molecule has 214 valence electrons. The molecule has 2 saturated carbocycles. The summed E-state index contributed by atoms with van der Waals surface area (Å²) in [6.07, 6.45) is -10.1. The number of nitrogens with one attached hydrogen (secondary N) is 3. The molecule has 0 aromatic carbocycles. The lowest BCUT2D eigenvalue weighted by atomic mass is 9.80. The minimum atomic E-state index is -3.10. The summed E-state index contributed by atoms with van der Waals surface area (Å²) < 4.78 is 56.7. The number of fused-ring (bicyclic) bond motifs is 1. The molecule has 0 aromatic heterocycles. The van der Waals surface area contributed by atoms with E-state index in [1.54, 1.807) is 20.8 Å². The second-order valence-corrected chi connectivity index (χ2v) is 13.4. The number of nitrogens with two attached hydrogens (primary N) is 1. The quantitative estimate of drug-likeness (QED) is 0.330. The molecule has 0 spiro atoms. The van der Waals surface area contributed by atoms with Gasteiger partial charge in [-0.05, 0) is 62.2 Å². The number of hydrogen-bond donors (Lipinski definition) is 4. The van der Waals surface area contributed by atoms with Crippen LogP contribution in [0.2, 0.25) is 0 Å². The second kappa shape index (κ2) is 10.5. The van der Waals surface area contributed by atoms with Gasteiger partial charge < -0.3 is 26.6 Å². The number of piperidine rings is 1. The van der Waals surface area contributed by atoms with Gasteiger partial charge in [-0.2, -0.15) is 0 Å². The third-order valence-electron chi connectivity index (χ3n) is 7.38. The van der Waals surface area contributed by atoms with E-state index in [4.69, 9.17) is 15.3 Å². The van der Waals surface area contributed by atoms with Crippen LogP contribution < -0.4 is 21.7 Å². The van der Waals surface area contributed by atoms with Gasteiger partial charge in [-0.1, -0.05) is 53.7 Å². The Morgan fingerprint density at radius 1 is 1.05 bits per heavy atom. The average Bonchev–Trinajstić information content (AvgIpc) is 3.17. The number of amides is 5. The van der Waals surface area contributed by atoms with Crippen LogP contribution in [0.5, 0.6) is 0 Å². The van der Waals surface area contributed by atoms with Gasteiger partial charge in [0.15, 0.2) is 0 Å². The molecular formula is C28H47N5O5. The number of nitrogens with zero attached hydrogens (tertiary/aromatic N) is 1. The van der Waals surface area contributed by atoms with Crippen LogP contribution in [0.3, 0.4) is 0 Å². The number of likely N-dealkylation sites (tertiary alicyclic amines) is 1. The Hall–Kier alpha value is -2.65. The van der Waals surface area contributed by atoms with Gasteiger partial charge in [-0.25, -0.2) is 4.79 Å². The first-order valence-corrected chi connectivity index (χ1v) is 13.0. The van der Waals surface area contributed by atoms with Crippen molar-refractivity contribution in [3.05, 3.63) is 0 Å². The normalized spacial score (nSPS) is 33.4. The lowest BCUT2D eigenvalue weighted by Gasteiger charge is -2.36. The van der Waals surface area contributed by atoms with Gasteiger partial charge in [-0.3, -0.25) is 19.2 Å². The molecule has 0 radical (unpaired) electrons. The van der Waals surface area contributed by atoms with Crippen LogP contribution in [0.1, 0.15) is 96.9 Å². The fourth-order valence-electron chi connectivity index (χ4n) is 5.46. The highest BCUT2D eigenvalue weighted by Crippen LogP contribution is 2.65. The lowest BCUT2D eigenvalue weighted by molar-refractivity contribution is -0.144. The summed E-state index contributed by atoms with van der Waals surface area (Å²) in [5.41, 5.74) is 3.81. The summed E-state index contributed by atoms with van der Waals surface area (Å²) in [5.74, 6) is -7.70. The van der Waals surface area contributed by atoms with Gasteiger partial charge in [0.25, 0.3) is 5.91 Å². The molecule has 0 aromatic rings. The molecule has 1 heterocycles. The maximum atomic E-state index is 14.1. The Morgan fingerprint density at radius 2 is 1.66 bits per heavy atom. The molecule has 10 nitrogen and oxygen atoms in total. The highest BCUT2D eigenvalue weighted by molar-refractivity contribution is 6.37. The van der Waals surface area contributed by atoms with Gasteiger partial charge in [0, 0.05) is 21.7 Å². The van der Waals surface area contributed by atoms with Crippen molar-refractivity contribution in [1.82, 2.24) is 20.9 Å². The smallest absolute Gasteiger partial charge is 0.315 e. The van der Waals surface area contributed by atoms with E-state index in [-0.39, 0.29) is 30.2 Å². The van der Waals surface area contributed by atoms with Crippen LogP contribution >= 0.6 is 0 Å². The molecule has 2 aliphatic carbocycles. The van der Waals surface area contributed by atoms with Gasteiger partial charge in [-0.15, -0.1) is 0 Å². The number of primary amides is 1. The van der Waals surface area contributed by atoms with E-state index in [0.29, 0.717) is 0 Å². The summed E-state index contributed by atoms with van der Waals surface area (Å²) in [6, 6.07) is -4.74. The van der Waals surface area contributed by atoms with Crippen LogP contribution in [0, 0.1) is 28.6 Å². The summed E-state index contributed by atoms with van der Waals surface area (Å²) in [6.45, 7) is 15.0. The lowest BCUT2D eigenvalue weighted by Crippen LogP contribution is -2.60. The molecule has 0 bridgehead atoms. The first-order valence-electron chi connectivity index (χ1n) is 16.5. The van der Waals surface area contributed by atoms with E-state index in [0.717, 1.165) is 0 Å². The minimum Gasteiger partial charge on any atom is -0.363 e. The maximum Gasteiger partial charge on any atom is 0.315 e. The Labute approximate surface area is 236 Å². The van der Waals surface area contributed by atoms with Crippen LogP contribution in [0.15, 0.2) is 0 Å². The molecule has 5 amide bonds. The number of carbonyl (C=O) groups excluding carboxylic acids is 5. The summed E-state index contributed by atoms with van der Waals surface area (Å²) in [7, 11) is 0. The van der Waals surface area contributed by atoms with Crippen molar-refractivity contribution in [2.75, 3.05) is 6.54 Å². The van der Waals surface area contributed by atoms with Crippen LogP contribution in [0.4, 0.5) is 4.79 Å². The zero-order chi connectivity index (χ0) is 35.1. The topological polar surface area (TPSA) is 151 Å². The number of carbonyl (C=O) groups is 5. The first-order chi connectivity index (χ1) is 19.9. The van der Waals surface area contributed by atoms with E-state index in [2.05, 4.69) is 16.0 Å². The van der Waals surface area contributed by atoms with Gasteiger partial charge in [0.2, 0.25) is 17.6 Å². The monoisotopic (exact) mass is 540 g/mol. The molecular weight excluding hydrogens is 486 g/mol. The molecule has 5 N–H and O–H groups in total. The SMILES string of the molecule is [2H]C1([2H])C([2H])([2H])C([2H])(CC(NC(=O)[C@@H]2[C@@H]3[C@H](CN2C(=O)[C@H](CC(C)(C)C)NC(=O)NC(C)(C)C)C3(C)C)C(=O)C(N)=O)C1([2H])[2H]. The summed E-state index contributed by atoms with van der Waals surface area (Å²) >= 11 is 0. The van der Waals surface area contributed by atoms with Crippen molar-refractivity contribution in [1.29, 1.82) is 0 Å². The Kier molecular flexibility index (Phi) is 5.85. The Balaban J connectivity index is 1.94. The Bertz CT molecular complexity index is 1260. The zero-order valence-corrected chi connectivity index (χ0v) is 23.6.